The molecule has 1 aliphatic heterocycles. The molecule has 0 spiro atoms. The smallest absolute Gasteiger partial charge is 0.159 e. The van der Waals surface area contributed by atoms with Crippen molar-refractivity contribution in [3.05, 3.63) is 101 Å². The van der Waals surface area contributed by atoms with E-state index >= 15 is 0 Å². The third-order valence-corrected chi connectivity index (χ3v) is 9.48. The lowest BCUT2D eigenvalue weighted by molar-refractivity contribution is 0.0402. The fourth-order valence-corrected chi connectivity index (χ4v) is 6.66. The molecule has 1 atom stereocenters. The zero-order valence-corrected chi connectivity index (χ0v) is 29.5. The second-order valence-electron chi connectivity index (χ2n) is 12.3. The molecule has 0 N–H and O–H groups in total. The van der Waals surface area contributed by atoms with Gasteiger partial charge >= 0.3 is 0 Å². The Kier molecular flexibility index (Phi) is 19.3. The van der Waals surface area contributed by atoms with Crippen molar-refractivity contribution in [3.8, 4) is 0 Å². The molecule has 4 nitrogen and oxygen atoms in total. The molecule has 4 rings (SSSR count). The van der Waals surface area contributed by atoms with Crippen LogP contribution < -0.4 is 0 Å². The average molecular weight is 627 g/mol. The summed E-state index contributed by atoms with van der Waals surface area (Å²) in [5.41, 5.74) is 9.32. The van der Waals surface area contributed by atoms with Gasteiger partial charge in [-0.05, 0) is 102 Å². The highest BCUT2D eigenvalue weighted by Gasteiger charge is 2.38. The van der Waals surface area contributed by atoms with Crippen LogP contribution in [-0.2, 0) is 0 Å². The van der Waals surface area contributed by atoms with Gasteiger partial charge in [0.15, 0.2) is 5.78 Å². The van der Waals surface area contributed by atoms with Crippen molar-refractivity contribution in [1.29, 1.82) is 0 Å². The molecule has 253 valence electrons. The van der Waals surface area contributed by atoms with E-state index in [0.717, 1.165) is 41.7 Å². The molecule has 2 aliphatic rings. The molecule has 1 saturated carbocycles. The molecule has 0 amide bonds. The van der Waals surface area contributed by atoms with Crippen LogP contribution in [0.5, 0.6) is 0 Å². The van der Waals surface area contributed by atoms with Crippen LogP contribution in [0.2, 0.25) is 0 Å². The highest BCUT2D eigenvalue weighted by atomic mass is 16.1. The zero-order valence-electron chi connectivity index (χ0n) is 29.5. The summed E-state index contributed by atoms with van der Waals surface area (Å²) in [6, 6.07) is 14.4. The predicted octanol–water partition coefficient (Wildman–Crippen LogP) is 10.3. The lowest BCUT2D eigenvalue weighted by atomic mass is 9.89. The average Bonchev–Trinajstić information content (AvgIpc) is 3.56. The number of benzene rings is 2. The van der Waals surface area contributed by atoms with Gasteiger partial charge in [0, 0.05) is 55.0 Å². The molecule has 1 saturated heterocycles. The normalized spacial score (nSPS) is 16.8. The minimum atomic E-state index is 0. The SMILES string of the molecule is C.CC.CCC1(N2CCN(C)CC2)CCCC1.[CH]=C=CCC(CCC=C)c1ccc(C(=NCC)c2cc(C(C)=O)ccc2C)cc1. The highest BCUT2D eigenvalue weighted by molar-refractivity contribution is 6.14. The molecule has 0 bridgehead atoms. The number of piperazine rings is 1. The molecule has 2 fully saturated rings. The number of aryl methyl sites for hydroxylation is 1. The summed E-state index contributed by atoms with van der Waals surface area (Å²) in [6.07, 6.45) is 13.9. The second-order valence-corrected chi connectivity index (χ2v) is 12.3. The van der Waals surface area contributed by atoms with E-state index in [0.29, 0.717) is 23.6 Å². The lowest BCUT2D eigenvalue weighted by Gasteiger charge is -2.45. The number of hydrogen-bond acceptors (Lipinski definition) is 4. The standard InChI is InChI=1S/C27H30NO.C12H24N2.C2H6.CH4/c1-6-9-11-22(12-10-7-2)23-15-17-24(18-16-23)27(28-8-3)26-19-25(21(5)29)14-13-20(26)4;1-3-12(6-4-5-7-12)14-10-8-13(2)9-11-14;1-2;/h1,7,9,13-19,22H,2,8,10-12H2,3-5H3;3-11H2,1-2H3;1-2H3;1H4. The summed E-state index contributed by atoms with van der Waals surface area (Å²) in [6.45, 7) is 27.1. The zero-order chi connectivity index (χ0) is 33.2. The third-order valence-electron chi connectivity index (χ3n) is 9.48. The van der Waals surface area contributed by atoms with Crippen molar-refractivity contribution < 1.29 is 4.79 Å². The Labute approximate surface area is 283 Å². The first-order valence-electron chi connectivity index (χ1n) is 17.4. The Morgan fingerprint density at radius 3 is 2.17 bits per heavy atom. The van der Waals surface area contributed by atoms with Crippen LogP contribution in [0.15, 0.2) is 71.9 Å². The van der Waals surface area contributed by atoms with Crippen molar-refractivity contribution in [1.82, 2.24) is 9.80 Å². The molecule has 2 aromatic carbocycles. The van der Waals surface area contributed by atoms with Crippen molar-refractivity contribution >= 4 is 11.5 Å². The molecule has 4 heteroatoms. The lowest BCUT2D eigenvalue weighted by Crippen LogP contribution is -2.55. The van der Waals surface area contributed by atoms with Crippen LogP contribution >= 0.6 is 0 Å². The summed E-state index contributed by atoms with van der Waals surface area (Å²) < 4.78 is 0. The number of Topliss-reactive ketones (excluding diaryl/α,β-unsaturated/α-hetero) is 1. The molecule has 46 heavy (non-hydrogen) atoms. The van der Waals surface area contributed by atoms with Crippen LogP contribution in [0.1, 0.15) is 132 Å². The van der Waals surface area contributed by atoms with Gasteiger partial charge in [-0.3, -0.25) is 14.7 Å². The van der Waals surface area contributed by atoms with Crippen LogP contribution in [0.3, 0.4) is 0 Å². The monoisotopic (exact) mass is 627 g/mol. The fourth-order valence-electron chi connectivity index (χ4n) is 6.66. The van der Waals surface area contributed by atoms with E-state index in [4.69, 9.17) is 11.6 Å². The Morgan fingerprint density at radius 1 is 1.04 bits per heavy atom. The minimum Gasteiger partial charge on any atom is -0.304 e. The summed E-state index contributed by atoms with van der Waals surface area (Å²) in [5, 5.41) is 0. The maximum Gasteiger partial charge on any atom is 0.159 e. The van der Waals surface area contributed by atoms with Crippen LogP contribution in [0.4, 0.5) is 0 Å². The van der Waals surface area contributed by atoms with E-state index in [2.05, 4.69) is 67.3 Å². The number of carbonyl (C=O) groups is 1. The van der Waals surface area contributed by atoms with Crippen LogP contribution in [0.25, 0.3) is 0 Å². The molecular formula is C42H64N3O. The fraction of sp³-hybridized carbons (Fsp3) is 0.548. The van der Waals surface area contributed by atoms with E-state index < -0.39 is 0 Å². The quantitative estimate of drug-likeness (QED) is 0.102. The van der Waals surface area contributed by atoms with Crippen LogP contribution in [0, 0.1) is 13.5 Å². The highest BCUT2D eigenvalue weighted by Crippen LogP contribution is 2.38. The van der Waals surface area contributed by atoms with Gasteiger partial charge in [0.25, 0.3) is 0 Å². The predicted molar refractivity (Wildman–Crippen MR) is 202 cm³/mol. The van der Waals surface area contributed by atoms with Gasteiger partial charge in [0.1, 0.15) is 0 Å². The Hall–Kier alpha value is -3.04. The summed E-state index contributed by atoms with van der Waals surface area (Å²) in [5.74, 6) is 0.444. The van der Waals surface area contributed by atoms with Crippen molar-refractivity contribution in [2.75, 3.05) is 39.8 Å². The van der Waals surface area contributed by atoms with E-state index in [9.17, 15) is 4.79 Å². The maximum absolute atomic E-state index is 11.9. The van der Waals surface area contributed by atoms with E-state index in [-0.39, 0.29) is 13.2 Å². The van der Waals surface area contributed by atoms with Gasteiger partial charge in [0.2, 0.25) is 0 Å². The van der Waals surface area contributed by atoms with Crippen molar-refractivity contribution in [2.45, 2.75) is 112 Å². The van der Waals surface area contributed by atoms with E-state index in [1.54, 1.807) is 6.92 Å². The molecule has 0 aromatic heterocycles. The summed E-state index contributed by atoms with van der Waals surface area (Å²) >= 11 is 0. The molecule has 2 aromatic rings. The molecule has 1 heterocycles. The maximum atomic E-state index is 11.9. The number of allylic oxidation sites excluding steroid dienone is 2. The van der Waals surface area contributed by atoms with Crippen molar-refractivity contribution in [2.24, 2.45) is 4.99 Å². The molecular weight excluding hydrogens is 562 g/mol. The largest absolute Gasteiger partial charge is 0.304 e. The Morgan fingerprint density at radius 2 is 1.65 bits per heavy atom. The number of likely N-dealkylation sites (N-methyl/N-ethyl adjacent to an activating group) is 1. The van der Waals surface area contributed by atoms with Crippen LogP contribution in [-0.4, -0.2) is 66.6 Å². The number of carbonyl (C=O) groups excluding carboxylic acids is 1. The van der Waals surface area contributed by atoms with E-state index in [1.807, 2.05) is 51.1 Å². The van der Waals surface area contributed by atoms with Gasteiger partial charge in [-0.15, -0.1) is 12.3 Å². The van der Waals surface area contributed by atoms with Gasteiger partial charge in [-0.1, -0.05) is 83.5 Å². The minimum absolute atomic E-state index is 0. The third kappa shape index (κ3) is 11.6. The van der Waals surface area contributed by atoms with Gasteiger partial charge < -0.3 is 4.90 Å². The van der Waals surface area contributed by atoms with Crippen molar-refractivity contribution in [3.63, 3.8) is 0 Å². The molecule has 1 aliphatic carbocycles. The first-order chi connectivity index (χ1) is 21.8. The van der Waals surface area contributed by atoms with Gasteiger partial charge in [0.05, 0.1) is 5.71 Å². The Balaban J connectivity index is 0.000000519. The first kappa shape index (κ1) is 41.0. The van der Waals surface area contributed by atoms with E-state index in [1.165, 1.54) is 63.8 Å². The summed E-state index contributed by atoms with van der Waals surface area (Å²) in [4.78, 5) is 21.8. The number of aliphatic imine (C=N–C) groups is 1. The topological polar surface area (TPSA) is 35.9 Å². The number of rotatable bonds is 12. The number of hydrogen-bond donors (Lipinski definition) is 0. The second kappa shape index (κ2) is 21.7. The molecule has 1 unspecified atom stereocenters. The van der Waals surface area contributed by atoms with Gasteiger partial charge in [-0.2, -0.15) is 0 Å². The van der Waals surface area contributed by atoms with Gasteiger partial charge in [-0.25, -0.2) is 0 Å². The Bertz CT molecular complexity index is 1250. The summed E-state index contributed by atoms with van der Waals surface area (Å²) in [7, 11) is 2.24. The first-order valence-corrected chi connectivity index (χ1v) is 17.4. The number of nitrogens with zero attached hydrogens (tertiary/aromatic N) is 3. The molecule has 1 radical (unpaired) electrons. The number of ketones is 1.